The molecule has 1 aliphatic rings. The first-order chi connectivity index (χ1) is 8.56. The molecule has 0 unspecified atom stereocenters. The Bertz CT molecular complexity index is 567. The molecular weight excluding hydrogens is 227 g/mol. The van der Waals surface area contributed by atoms with Gasteiger partial charge in [-0.05, 0) is 37.1 Å². The van der Waals surface area contributed by atoms with Crippen molar-refractivity contribution in [1.29, 1.82) is 0 Å². The molecular formula is C15H17FN2. The third-order valence-electron chi connectivity index (χ3n) is 3.72. The lowest BCUT2D eigenvalue weighted by atomic mass is 9.84. The third-order valence-corrected chi connectivity index (χ3v) is 3.72. The largest absolute Gasteiger partial charge is 0.334 e. The highest BCUT2D eigenvalue weighted by Crippen LogP contribution is 2.34. The first kappa shape index (κ1) is 11.5. The number of fused-ring (bicyclic) bond motifs is 1. The number of benzene rings is 1. The molecule has 0 fully saturated rings. The van der Waals surface area contributed by atoms with E-state index in [0.717, 1.165) is 23.6 Å². The van der Waals surface area contributed by atoms with Crippen LogP contribution in [0.2, 0.25) is 0 Å². The van der Waals surface area contributed by atoms with E-state index in [4.69, 9.17) is 4.98 Å². The molecule has 0 bridgehead atoms. The molecule has 3 rings (SSSR count). The smallest absolute Gasteiger partial charge is 0.123 e. The van der Waals surface area contributed by atoms with Gasteiger partial charge in [-0.3, -0.25) is 0 Å². The quantitative estimate of drug-likeness (QED) is 0.746. The molecule has 0 saturated heterocycles. The SMILES string of the molecule is CC1(C)CCCn2cc(-c3ccc(F)cc3)nc21. The van der Waals surface area contributed by atoms with E-state index in [0.29, 0.717) is 0 Å². The summed E-state index contributed by atoms with van der Waals surface area (Å²) in [5, 5.41) is 0. The van der Waals surface area contributed by atoms with Gasteiger partial charge in [0.15, 0.2) is 0 Å². The number of halogens is 1. The van der Waals surface area contributed by atoms with E-state index >= 15 is 0 Å². The minimum atomic E-state index is -0.206. The predicted octanol–water partition coefficient (Wildman–Crippen LogP) is 3.76. The lowest BCUT2D eigenvalue weighted by molar-refractivity contribution is 0.352. The minimum absolute atomic E-state index is 0.135. The molecule has 0 N–H and O–H groups in total. The average Bonchev–Trinajstić information content (AvgIpc) is 2.75. The fourth-order valence-corrected chi connectivity index (χ4v) is 2.69. The van der Waals surface area contributed by atoms with Crippen molar-refractivity contribution < 1.29 is 4.39 Å². The monoisotopic (exact) mass is 244 g/mol. The molecule has 0 radical (unpaired) electrons. The van der Waals surface area contributed by atoms with E-state index in [1.807, 2.05) is 0 Å². The first-order valence-corrected chi connectivity index (χ1v) is 6.40. The van der Waals surface area contributed by atoms with E-state index in [9.17, 15) is 4.39 Å². The van der Waals surface area contributed by atoms with Crippen molar-refractivity contribution in [1.82, 2.24) is 9.55 Å². The normalized spacial score (nSPS) is 17.5. The van der Waals surface area contributed by atoms with Crippen molar-refractivity contribution in [2.75, 3.05) is 0 Å². The lowest BCUT2D eigenvalue weighted by Gasteiger charge is -2.29. The molecule has 1 aromatic heterocycles. The summed E-state index contributed by atoms with van der Waals surface area (Å²) >= 11 is 0. The van der Waals surface area contributed by atoms with Crippen molar-refractivity contribution in [3.8, 4) is 11.3 Å². The van der Waals surface area contributed by atoms with Gasteiger partial charge in [-0.2, -0.15) is 0 Å². The summed E-state index contributed by atoms with van der Waals surface area (Å²) in [6.45, 7) is 5.51. The van der Waals surface area contributed by atoms with Gasteiger partial charge in [0, 0.05) is 23.7 Å². The Kier molecular flexibility index (Phi) is 2.51. The van der Waals surface area contributed by atoms with Crippen LogP contribution in [-0.2, 0) is 12.0 Å². The molecule has 2 aromatic rings. The van der Waals surface area contributed by atoms with Crippen LogP contribution in [0.4, 0.5) is 4.39 Å². The zero-order chi connectivity index (χ0) is 12.8. The maximum absolute atomic E-state index is 12.9. The number of hydrogen-bond donors (Lipinski definition) is 0. The first-order valence-electron chi connectivity index (χ1n) is 6.40. The molecule has 0 spiro atoms. The van der Waals surface area contributed by atoms with Crippen LogP contribution in [0.5, 0.6) is 0 Å². The van der Waals surface area contributed by atoms with Gasteiger partial charge >= 0.3 is 0 Å². The average molecular weight is 244 g/mol. The molecule has 3 heteroatoms. The van der Waals surface area contributed by atoms with Gasteiger partial charge in [0.1, 0.15) is 11.6 Å². The Labute approximate surface area is 106 Å². The van der Waals surface area contributed by atoms with Crippen LogP contribution in [0.15, 0.2) is 30.5 Å². The highest BCUT2D eigenvalue weighted by atomic mass is 19.1. The maximum Gasteiger partial charge on any atom is 0.123 e. The number of imidazole rings is 1. The van der Waals surface area contributed by atoms with E-state index in [1.165, 1.54) is 25.0 Å². The summed E-state index contributed by atoms with van der Waals surface area (Å²) in [6, 6.07) is 6.55. The molecule has 94 valence electrons. The fraction of sp³-hybridized carbons (Fsp3) is 0.400. The van der Waals surface area contributed by atoms with E-state index in [-0.39, 0.29) is 11.2 Å². The lowest BCUT2D eigenvalue weighted by Crippen LogP contribution is -2.27. The van der Waals surface area contributed by atoms with Crippen molar-refractivity contribution in [3.63, 3.8) is 0 Å². The van der Waals surface area contributed by atoms with E-state index in [1.54, 1.807) is 12.1 Å². The van der Waals surface area contributed by atoms with Crippen molar-refractivity contribution >= 4 is 0 Å². The summed E-state index contributed by atoms with van der Waals surface area (Å²) < 4.78 is 15.2. The number of rotatable bonds is 1. The van der Waals surface area contributed by atoms with E-state index in [2.05, 4.69) is 24.6 Å². The molecule has 0 saturated carbocycles. The van der Waals surface area contributed by atoms with Crippen LogP contribution in [0.25, 0.3) is 11.3 Å². The van der Waals surface area contributed by atoms with Crippen molar-refractivity contribution in [2.45, 2.75) is 38.6 Å². The molecule has 0 amide bonds. The van der Waals surface area contributed by atoms with Crippen LogP contribution in [-0.4, -0.2) is 9.55 Å². The summed E-state index contributed by atoms with van der Waals surface area (Å²) in [4.78, 5) is 4.74. The molecule has 2 heterocycles. The summed E-state index contributed by atoms with van der Waals surface area (Å²) in [5.74, 6) is 0.941. The number of hydrogen-bond acceptors (Lipinski definition) is 1. The van der Waals surface area contributed by atoms with Crippen LogP contribution < -0.4 is 0 Å². The predicted molar refractivity (Wildman–Crippen MR) is 69.9 cm³/mol. The van der Waals surface area contributed by atoms with Gasteiger partial charge in [-0.1, -0.05) is 13.8 Å². The topological polar surface area (TPSA) is 17.8 Å². The van der Waals surface area contributed by atoms with Crippen LogP contribution >= 0.6 is 0 Å². The second-order valence-corrected chi connectivity index (χ2v) is 5.64. The second-order valence-electron chi connectivity index (χ2n) is 5.64. The number of aromatic nitrogens is 2. The van der Waals surface area contributed by atoms with Crippen molar-refractivity contribution in [3.05, 3.63) is 42.1 Å². The molecule has 0 aliphatic carbocycles. The Hall–Kier alpha value is -1.64. The second kappa shape index (κ2) is 3.94. The molecule has 18 heavy (non-hydrogen) atoms. The Balaban J connectivity index is 2.05. The Morgan fingerprint density at radius 2 is 1.94 bits per heavy atom. The van der Waals surface area contributed by atoms with Crippen LogP contribution in [0, 0.1) is 5.82 Å². The summed E-state index contributed by atoms with van der Waals surface area (Å²) in [6.07, 6.45) is 4.45. The van der Waals surface area contributed by atoms with Crippen LogP contribution in [0.3, 0.4) is 0 Å². The zero-order valence-corrected chi connectivity index (χ0v) is 10.8. The highest BCUT2D eigenvalue weighted by molar-refractivity contribution is 5.58. The molecule has 0 atom stereocenters. The highest BCUT2D eigenvalue weighted by Gasteiger charge is 2.30. The van der Waals surface area contributed by atoms with Gasteiger partial charge in [0.25, 0.3) is 0 Å². The third kappa shape index (κ3) is 1.84. The Morgan fingerprint density at radius 3 is 2.61 bits per heavy atom. The van der Waals surface area contributed by atoms with Gasteiger partial charge in [-0.15, -0.1) is 0 Å². The fourth-order valence-electron chi connectivity index (χ4n) is 2.69. The van der Waals surface area contributed by atoms with Gasteiger partial charge in [-0.25, -0.2) is 9.37 Å². The zero-order valence-electron chi connectivity index (χ0n) is 10.8. The minimum Gasteiger partial charge on any atom is -0.334 e. The number of nitrogens with zero attached hydrogens (tertiary/aromatic N) is 2. The summed E-state index contributed by atoms with van der Waals surface area (Å²) in [5.41, 5.74) is 2.06. The van der Waals surface area contributed by atoms with Crippen LogP contribution in [0.1, 0.15) is 32.5 Å². The standard InChI is InChI=1S/C15H17FN2/c1-15(2)8-3-9-18-10-13(17-14(15)18)11-4-6-12(16)7-5-11/h4-7,10H,3,8-9H2,1-2H3. The maximum atomic E-state index is 12.9. The van der Waals surface area contributed by atoms with Gasteiger partial charge in [0.2, 0.25) is 0 Å². The summed E-state index contributed by atoms with van der Waals surface area (Å²) in [7, 11) is 0. The van der Waals surface area contributed by atoms with Crippen molar-refractivity contribution in [2.24, 2.45) is 0 Å². The number of aryl methyl sites for hydroxylation is 1. The van der Waals surface area contributed by atoms with Gasteiger partial charge in [0.05, 0.1) is 5.69 Å². The molecule has 1 aromatic carbocycles. The van der Waals surface area contributed by atoms with Gasteiger partial charge < -0.3 is 4.57 Å². The Morgan fingerprint density at radius 1 is 1.22 bits per heavy atom. The van der Waals surface area contributed by atoms with E-state index < -0.39 is 0 Å². The molecule has 1 aliphatic heterocycles. The molecule has 2 nitrogen and oxygen atoms in total.